The summed E-state index contributed by atoms with van der Waals surface area (Å²) in [5.74, 6) is 0.127. The van der Waals surface area contributed by atoms with Crippen molar-refractivity contribution in [1.82, 2.24) is 5.06 Å². The number of hydrogen-bond donors (Lipinski definition) is 0. The molecular formula is C15H33NO3S. The zero-order chi connectivity index (χ0) is 15.3. The lowest BCUT2D eigenvalue weighted by Gasteiger charge is -2.10. The van der Waals surface area contributed by atoms with Gasteiger partial charge in [0.15, 0.2) is 0 Å². The summed E-state index contributed by atoms with van der Waals surface area (Å²) in [6.07, 6.45) is 13.4. The number of nitrogens with zero attached hydrogens (tertiary/aromatic N) is 1. The predicted molar refractivity (Wildman–Crippen MR) is 85.0 cm³/mol. The third-order valence-corrected chi connectivity index (χ3v) is 4.57. The van der Waals surface area contributed by atoms with Crippen LogP contribution in [0.2, 0.25) is 0 Å². The molecule has 0 aromatic heterocycles. The number of rotatable bonds is 14. The van der Waals surface area contributed by atoms with E-state index in [4.69, 9.17) is 4.28 Å². The molecule has 0 saturated carbocycles. The molecule has 0 radical (unpaired) electrons. The monoisotopic (exact) mass is 307 g/mol. The first-order chi connectivity index (χ1) is 9.48. The molecule has 0 aromatic rings. The second kappa shape index (κ2) is 12.6. The maximum Gasteiger partial charge on any atom is 0.283 e. The molecule has 4 nitrogen and oxygen atoms in total. The fourth-order valence-corrected chi connectivity index (χ4v) is 3.29. The van der Waals surface area contributed by atoms with Crippen LogP contribution in [-0.4, -0.2) is 33.3 Å². The van der Waals surface area contributed by atoms with Gasteiger partial charge < -0.3 is 0 Å². The average Bonchev–Trinajstić information content (AvgIpc) is 2.34. The summed E-state index contributed by atoms with van der Waals surface area (Å²) in [7, 11) is -0.202. The van der Waals surface area contributed by atoms with Crippen LogP contribution in [0.3, 0.4) is 0 Å². The number of hydroxylamine groups is 2. The van der Waals surface area contributed by atoms with Crippen LogP contribution in [-0.2, 0) is 14.4 Å². The van der Waals surface area contributed by atoms with Gasteiger partial charge in [-0.1, -0.05) is 71.1 Å². The summed E-state index contributed by atoms with van der Waals surface area (Å²) >= 11 is 0. The second-order valence-corrected chi connectivity index (χ2v) is 7.36. The fraction of sp³-hybridized carbons (Fsp3) is 1.00. The van der Waals surface area contributed by atoms with Gasteiger partial charge in [-0.3, -0.25) is 0 Å². The van der Waals surface area contributed by atoms with E-state index < -0.39 is 10.1 Å². The Morgan fingerprint density at radius 2 is 1.15 bits per heavy atom. The Morgan fingerprint density at radius 3 is 1.55 bits per heavy atom. The molecule has 122 valence electrons. The van der Waals surface area contributed by atoms with Crippen LogP contribution >= 0.6 is 0 Å². The molecule has 5 heteroatoms. The van der Waals surface area contributed by atoms with Gasteiger partial charge in [-0.15, -0.1) is 0 Å². The predicted octanol–water partition coefficient (Wildman–Crippen LogP) is 4.12. The van der Waals surface area contributed by atoms with Crippen LogP contribution in [0.1, 0.15) is 77.6 Å². The van der Waals surface area contributed by atoms with Gasteiger partial charge in [0.2, 0.25) is 0 Å². The van der Waals surface area contributed by atoms with Crippen LogP contribution in [0.4, 0.5) is 0 Å². The van der Waals surface area contributed by atoms with Crippen molar-refractivity contribution in [2.24, 2.45) is 0 Å². The Labute approximate surface area is 126 Å². The van der Waals surface area contributed by atoms with E-state index in [0.717, 1.165) is 12.8 Å². The average molecular weight is 308 g/mol. The molecule has 0 heterocycles. The second-order valence-electron chi connectivity index (χ2n) is 5.68. The van der Waals surface area contributed by atoms with Crippen molar-refractivity contribution < 1.29 is 12.7 Å². The zero-order valence-electron chi connectivity index (χ0n) is 13.6. The summed E-state index contributed by atoms with van der Waals surface area (Å²) in [4.78, 5) is 0. The molecule has 0 unspecified atom stereocenters. The van der Waals surface area contributed by atoms with Crippen molar-refractivity contribution in [3.63, 3.8) is 0 Å². The lowest BCUT2D eigenvalue weighted by molar-refractivity contribution is 0.00517. The first kappa shape index (κ1) is 19.9. The number of hydrogen-bond acceptors (Lipinski definition) is 4. The Kier molecular flexibility index (Phi) is 12.5. The first-order valence-corrected chi connectivity index (χ1v) is 9.65. The Morgan fingerprint density at radius 1 is 0.750 bits per heavy atom. The highest BCUT2D eigenvalue weighted by Crippen LogP contribution is 2.11. The SMILES string of the molecule is CCCCCCCCCCCCCS(=O)(=O)ON(C)C. The van der Waals surface area contributed by atoms with E-state index in [1.807, 2.05) is 0 Å². The minimum Gasteiger partial charge on any atom is -0.198 e. The summed E-state index contributed by atoms with van der Waals surface area (Å²) in [6.45, 7) is 2.24. The Balaban J connectivity index is 3.28. The van der Waals surface area contributed by atoms with Gasteiger partial charge >= 0.3 is 0 Å². The lowest BCUT2D eigenvalue weighted by Crippen LogP contribution is -2.21. The zero-order valence-corrected chi connectivity index (χ0v) is 14.4. The summed E-state index contributed by atoms with van der Waals surface area (Å²) in [5, 5.41) is 1.23. The molecule has 0 bridgehead atoms. The van der Waals surface area contributed by atoms with Crippen molar-refractivity contribution in [3.8, 4) is 0 Å². The highest BCUT2D eigenvalue weighted by molar-refractivity contribution is 7.86. The minimum atomic E-state index is -3.37. The molecule has 0 fully saturated rings. The standard InChI is InChI=1S/C15H33NO3S/c1-4-5-6-7-8-9-10-11-12-13-14-15-20(17,18)19-16(2)3/h4-15H2,1-3H3. The normalized spacial score (nSPS) is 12.2. The molecule has 0 rings (SSSR count). The number of unbranched alkanes of at least 4 members (excludes halogenated alkanes) is 10. The quantitative estimate of drug-likeness (QED) is 0.358. The van der Waals surface area contributed by atoms with Crippen LogP contribution in [0.25, 0.3) is 0 Å². The van der Waals surface area contributed by atoms with E-state index in [1.54, 1.807) is 14.1 Å². The van der Waals surface area contributed by atoms with E-state index >= 15 is 0 Å². The van der Waals surface area contributed by atoms with E-state index in [1.165, 1.54) is 56.4 Å². The maximum atomic E-state index is 11.4. The van der Waals surface area contributed by atoms with Gasteiger partial charge in [0, 0.05) is 14.1 Å². The van der Waals surface area contributed by atoms with E-state index in [9.17, 15) is 8.42 Å². The van der Waals surface area contributed by atoms with Gasteiger partial charge in [-0.05, 0) is 6.42 Å². The molecule has 0 aromatic carbocycles. The van der Waals surface area contributed by atoms with Crippen LogP contribution < -0.4 is 0 Å². The molecule has 0 aliphatic heterocycles. The van der Waals surface area contributed by atoms with Gasteiger partial charge in [0.25, 0.3) is 10.1 Å². The fourth-order valence-electron chi connectivity index (χ4n) is 2.21. The van der Waals surface area contributed by atoms with Crippen LogP contribution in [0.15, 0.2) is 0 Å². The topological polar surface area (TPSA) is 46.6 Å². The first-order valence-electron chi connectivity index (χ1n) is 8.07. The molecule has 0 amide bonds. The molecule has 0 aliphatic carbocycles. The lowest BCUT2D eigenvalue weighted by atomic mass is 10.1. The van der Waals surface area contributed by atoms with E-state index in [-0.39, 0.29) is 5.75 Å². The Hall–Kier alpha value is -0.130. The molecule has 0 aliphatic rings. The largest absolute Gasteiger partial charge is 0.283 e. The van der Waals surface area contributed by atoms with E-state index in [0.29, 0.717) is 6.42 Å². The van der Waals surface area contributed by atoms with E-state index in [2.05, 4.69) is 6.92 Å². The smallest absolute Gasteiger partial charge is 0.198 e. The highest BCUT2D eigenvalue weighted by Gasteiger charge is 2.12. The molecule has 0 N–H and O–H groups in total. The molecule has 0 spiro atoms. The third-order valence-electron chi connectivity index (χ3n) is 3.26. The van der Waals surface area contributed by atoms with Crippen molar-refractivity contribution in [2.75, 3.05) is 19.8 Å². The Bertz CT molecular complexity index is 302. The molecule has 0 atom stereocenters. The van der Waals surface area contributed by atoms with Gasteiger partial charge in [0.1, 0.15) is 0 Å². The summed E-state index contributed by atoms with van der Waals surface area (Å²) < 4.78 is 27.6. The molecule has 0 saturated heterocycles. The molecular weight excluding hydrogens is 274 g/mol. The van der Waals surface area contributed by atoms with Crippen molar-refractivity contribution in [1.29, 1.82) is 0 Å². The minimum absolute atomic E-state index is 0.127. The van der Waals surface area contributed by atoms with Gasteiger partial charge in [-0.25, -0.2) is 0 Å². The summed E-state index contributed by atoms with van der Waals surface area (Å²) in [6, 6.07) is 0. The highest BCUT2D eigenvalue weighted by atomic mass is 32.2. The van der Waals surface area contributed by atoms with Crippen LogP contribution in [0, 0.1) is 0 Å². The summed E-state index contributed by atoms with van der Waals surface area (Å²) in [5.41, 5.74) is 0. The third kappa shape index (κ3) is 14.3. The van der Waals surface area contributed by atoms with Crippen molar-refractivity contribution in [3.05, 3.63) is 0 Å². The maximum absolute atomic E-state index is 11.4. The van der Waals surface area contributed by atoms with Crippen LogP contribution in [0.5, 0.6) is 0 Å². The van der Waals surface area contributed by atoms with Gasteiger partial charge in [-0.2, -0.15) is 17.8 Å². The van der Waals surface area contributed by atoms with Gasteiger partial charge in [0.05, 0.1) is 5.75 Å². The molecule has 20 heavy (non-hydrogen) atoms. The van der Waals surface area contributed by atoms with Crippen molar-refractivity contribution in [2.45, 2.75) is 77.6 Å². The van der Waals surface area contributed by atoms with Crippen molar-refractivity contribution >= 4 is 10.1 Å².